The smallest absolute Gasteiger partial charge is 0.136 e. The molecule has 1 aromatic heterocycles. The van der Waals surface area contributed by atoms with E-state index in [1.807, 2.05) is 12.1 Å². The molecule has 3 heteroatoms. The number of hydrogen-bond donors (Lipinski definition) is 1. The first kappa shape index (κ1) is 9.03. The summed E-state index contributed by atoms with van der Waals surface area (Å²) >= 11 is 5.92. The van der Waals surface area contributed by atoms with Crippen LogP contribution in [0.3, 0.4) is 0 Å². The van der Waals surface area contributed by atoms with Gasteiger partial charge in [0, 0.05) is 11.8 Å². The van der Waals surface area contributed by atoms with Gasteiger partial charge in [0.25, 0.3) is 0 Å². The highest BCUT2D eigenvalue weighted by Gasteiger charge is 2.02. The number of phenols is 1. The summed E-state index contributed by atoms with van der Waals surface area (Å²) in [4.78, 5) is 3.98. The van der Waals surface area contributed by atoms with Crippen LogP contribution in [-0.2, 0) is 0 Å². The fourth-order valence-corrected chi connectivity index (χ4v) is 1.47. The summed E-state index contributed by atoms with van der Waals surface area (Å²) in [5.41, 5.74) is 1.81. The van der Waals surface area contributed by atoms with Gasteiger partial charge in [0.2, 0.25) is 0 Å². The number of phenolic OH excluding ortho intramolecular Hbond substituents is 1. The van der Waals surface area contributed by atoms with E-state index in [0.29, 0.717) is 5.15 Å². The molecular weight excluding hydrogens is 198 g/mol. The van der Waals surface area contributed by atoms with Crippen LogP contribution < -0.4 is 0 Å². The summed E-state index contributed by atoms with van der Waals surface area (Å²) in [5.74, 6) is 0.244. The number of halogens is 1. The van der Waals surface area contributed by atoms with Gasteiger partial charge < -0.3 is 5.11 Å². The molecule has 0 amide bonds. The molecule has 0 radical (unpaired) electrons. The Balaban J connectivity index is 2.50. The maximum atomic E-state index is 9.12. The quantitative estimate of drug-likeness (QED) is 0.726. The summed E-state index contributed by atoms with van der Waals surface area (Å²) in [6.07, 6.45) is 1.65. The van der Waals surface area contributed by atoms with E-state index in [9.17, 15) is 0 Å². The van der Waals surface area contributed by atoms with Crippen LogP contribution >= 0.6 is 11.6 Å². The summed E-state index contributed by atoms with van der Waals surface area (Å²) < 4.78 is 0. The van der Waals surface area contributed by atoms with Crippen molar-refractivity contribution < 1.29 is 5.11 Å². The van der Waals surface area contributed by atoms with E-state index in [1.165, 1.54) is 0 Å². The van der Waals surface area contributed by atoms with Crippen molar-refractivity contribution in [2.45, 2.75) is 0 Å². The highest BCUT2D eigenvalue weighted by molar-refractivity contribution is 6.32. The van der Waals surface area contributed by atoms with Gasteiger partial charge in [-0.05, 0) is 29.8 Å². The van der Waals surface area contributed by atoms with Gasteiger partial charge in [-0.3, -0.25) is 0 Å². The molecule has 0 fully saturated rings. The van der Waals surface area contributed by atoms with Crippen molar-refractivity contribution >= 4 is 11.6 Å². The molecule has 0 bridgehead atoms. The van der Waals surface area contributed by atoms with Crippen LogP contribution in [0.5, 0.6) is 5.75 Å². The molecule has 0 spiro atoms. The molecule has 0 aliphatic carbocycles. The van der Waals surface area contributed by atoms with Crippen LogP contribution in [0.2, 0.25) is 5.15 Å². The Kier molecular flexibility index (Phi) is 2.37. The lowest BCUT2D eigenvalue weighted by Crippen LogP contribution is -1.81. The largest absolute Gasteiger partial charge is 0.508 e. The van der Waals surface area contributed by atoms with E-state index in [0.717, 1.165) is 11.1 Å². The van der Waals surface area contributed by atoms with Crippen LogP contribution in [0, 0.1) is 0 Å². The lowest BCUT2D eigenvalue weighted by Gasteiger charge is -2.02. The van der Waals surface area contributed by atoms with E-state index in [-0.39, 0.29) is 5.75 Å². The number of nitrogens with zero attached hydrogens (tertiary/aromatic N) is 1. The predicted molar refractivity (Wildman–Crippen MR) is 56.3 cm³/mol. The molecule has 0 aliphatic heterocycles. The minimum atomic E-state index is 0.244. The van der Waals surface area contributed by atoms with Crippen molar-refractivity contribution in [2.24, 2.45) is 0 Å². The normalized spacial score (nSPS) is 10.1. The zero-order valence-electron chi connectivity index (χ0n) is 7.31. The van der Waals surface area contributed by atoms with Gasteiger partial charge in [-0.15, -0.1) is 0 Å². The molecule has 0 unspecified atom stereocenters. The third-order valence-corrected chi connectivity index (χ3v) is 2.24. The summed E-state index contributed by atoms with van der Waals surface area (Å²) in [7, 11) is 0. The molecule has 2 nitrogen and oxygen atoms in total. The highest BCUT2D eigenvalue weighted by Crippen LogP contribution is 2.26. The van der Waals surface area contributed by atoms with Gasteiger partial charge in [0.1, 0.15) is 10.9 Å². The summed E-state index contributed by atoms with van der Waals surface area (Å²) in [5, 5.41) is 9.59. The molecule has 14 heavy (non-hydrogen) atoms. The van der Waals surface area contributed by atoms with Crippen LogP contribution in [0.25, 0.3) is 11.1 Å². The number of hydrogen-bond acceptors (Lipinski definition) is 2. The topological polar surface area (TPSA) is 33.1 Å². The Labute approximate surface area is 86.8 Å². The SMILES string of the molecule is Oc1ccc(-c2cccnc2Cl)cc1. The number of pyridine rings is 1. The van der Waals surface area contributed by atoms with Crippen LogP contribution in [0.4, 0.5) is 0 Å². The van der Waals surface area contributed by atoms with Crippen LogP contribution in [0.1, 0.15) is 0 Å². The molecule has 1 N–H and O–H groups in total. The lowest BCUT2D eigenvalue weighted by molar-refractivity contribution is 0.475. The first-order valence-electron chi connectivity index (χ1n) is 4.17. The number of rotatable bonds is 1. The maximum Gasteiger partial charge on any atom is 0.136 e. The number of benzene rings is 1. The van der Waals surface area contributed by atoms with E-state index in [4.69, 9.17) is 16.7 Å². The summed E-state index contributed by atoms with van der Waals surface area (Å²) in [6.45, 7) is 0. The van der Waals surface area contributed by atoms with Gasteiger partial charge in [0.05, 0.1) is 0 Å². The van der Waals surface area contributed by atoms with Gasteiger partial charge in [-0.25, -0.2) is 4.98 Å². The van der Waals surface area contributed by atoms with Crippen LogP contribution in [-0.4, -0.2) is 10.1 Å². The highest BCUT2D eigenvalue weighted by atomic mass is 35.5. The zero-order valence-corrected chi connectivity index (χ0v) is 8.07. The second kappa shape index (κ2) is 3.68. The lowest BCUT2D eigenvalue weighted by atomic mass is 10.1. The molecule has 0 atom stereocenters. The van der Waals surface area contributed by atoms with Crippen molar-refractivity contribution in [1.82, 2.24) is 4.98 Å². The second-order valence-electron chi connectivity index (χ2n) is 2.89. The molecule has 70 valence electrons. The molecule has 2 rings (SSSR count). The van der Waals surface area contributed by atoms with Crippen molar-refractivity contribution in [3.63, 3.8) is 0 Å². The molecular formula is C11H8ClNO. The van der Waals surface area contributed by atoms with Crippen molar-refractivity contribution in [2.75, 3.05) is 0 Å². The molecule has 0 saturated carbocycles. The Hall–Kier alpha value is -1.54. The van der Waals surface area contributed by atoms with Crippen molar-refractivity contribution in [3.8, 4) is 16.9 Å². The van der Waals surface area contributed by atoms with Gasteiger partial charge >= 0.3 is 0 Å². The third kappa shape index (κ3) is 1.70. The monoisotopic (exact) mass is 205 g/mol. The molecule has 0 saturated heterocycles. The second-order valence-corrected chi connectivity index (χ2v) is 3.25. The zero-order chi connectivity index (χ0) is 9.97. The minimum Gasteiger partial charge on any atom is -0.508 e. The Morgan fingerprint density at radius 1 is 1.07 bits per heavy atom. The molecule has 0 aliphatic rings. The first-order valence-corrected chi connectivity index (χ1v) is 4.55. The Morgan fingerprint density at radius 2 is 1.79 bits per heavy atom. The van der Waals surface area contributed by atoms with E-state index >= 15 is 0 Å². The summed E-state index contributed by atoms with van der Waals surface area (Å²) in [6, 6.07) is 10.6. The van der Waals surface area contributed by atoms with E-state index < -0.39 is 0 Å². The molecule has 1 aromatic carbocycles. The van der Waals surface area contributed by atoms with Gasteiger partial charge in [-0.1, -0.05) is 23.7 Å². The predicted octanol–water partition coefficient (Wildman–Crippen LogP) is 3.11. The third-order valence-electron chi connectivity index (χ3n) is 1.94. The Bertz CT molecular complexity index is 439. The average Bonchev–Trinajstić information content (AvgIpc) is 2.20. The van der Waals surface area contributed by atoms with Crippen molar-refractivity contribution in [1.29, 1.82) is 0 Å². The average molecular weight is 206 g/mol. The van der Waals surface area contributed by atoms with Crippen LogP contribution in [0.15, 0.2) is 42.6 Å². The number of aromatic nitrogens is 1. The van der Waals surface area contributed by atoms with Gasteiger partial charge in [-0.2, -0.15) is 0 Å². The van der Waals surface area contributed by atoms with E-state index in [1.54, 1.807) is 30.5 Å². The van der Waals surface area contributed by atoms with Crippen molar-refractivity contribution in [3.05, 3.63) is 47.7 Å². The number of aromatic hydroxyl groups is 1. The molecule has 1 heterocycles. The Morgan fingerprint density at radius 3 is 2.43 bits per heavy atom. The van der Waals surface area contributed by atoms with E-state index in [2.05, 4.69) is 4.98 Å². The maximum absolute atomic E-state index is 9.12. The van der Waals surface area contributed by atoms with Gasteiger partial charge in [0.15, 0.2) is 0 Å². The minimum absolute atomic E-state index is 0.244. The first-order chi connectivity index (χ1) is 6.77. The standard InChI is InChI=1S/C11H8ClNO/c12-11-10(2-1-7-13-11)8-3-5-9(14)6-4-8/h1-7,14H. The fourth-order valence-electron chi connectivity index (χ4n) is 1.24. The fraction of sp³-hybridized carbons (Fsp3) is 0. The molecule has 2 aromatic rings.